The first-order chi connectivity index (χ1) is 20.1. The largest absolute Gasteiger partial charge is 0.490 e. The Balaban J connectivity index is 1.25. The van der Waals surface area contributed by atoms with Gasteiger partial charge in [-0.1, -0.05) is 5.92 Å². The fourth-order valence-electron chi connectivity index (χ4n) is 4.18. The molecule has 2 aromatic carbocycles. The van der Waals surface area contributed by atoms with Crippen molar-refractivity contribution in [2.75, 3.05) is 30.8 Å². The van der Waals surface area contributed by atoms with E-state index in [1.165, 1.54) is 12.7 Å². The lowest BCUT2D eigenvalue weighted by Crippen LogP contribution is -2.17. The van der Waals surface area contributed by atoms with Crippen LogP contribution in [0.25, 0.3) is 16.6 Å². The minimum absolute atomic E-state index is 0.325. The Morgan fingerprint density at radius 1 is 1.07 bits per heavy atom. The van der Waals surface area contributed by atoms with Crippen LogP contribution in [0.5, 0.6) is 17.2 Å². The maximum atomic E-state index is 12.6. The number of ether oxygens (including phenoxy) is 2. The van der Waals surface area contributed by atoms with Crippen molar-refractivity contribution in [3.8, 4) is 29.1 Å². The Morgan fingerprint density at radius 3 is 2.80 bits per heavy atom. The SMILES string of the molecule is CNCCOc1cc2ncnc(Nc3ccc(Oc4ccn5ncnc5c4)c(C)c3)c2cc1NC(=O)C#CC1CC1. The number of nitrogens with one attached hydrogen (secondary N) is 3. The van der Waals surface area contributed by atoms with E-state index in [9.17, 15) is 4.79 Å². The number of nitrogens with zero attached hydrogens (tertiary/aromatic N) is 5. The summed E-state index contributed by atoms with van der Waals surface area (Å²) in [4.78, 5) is 25.7. The zero-order valence-electron chi connectivity index (χ0n) is 22.6. The minimum Gasteiger partial charge on any atom is -0.490 e. The second kappa shape index (κ2) is 11.5. The summed E-state index contributed by atoms with van der Waals surface area (Å²) in [7, 11) is 1.85. The summed E-state index contributed by atoms with van der Waals surface area (Å²) >= 11 is 0. The summed E-state index contributed by atoms with van der Waals surface area (Å²) in [6, 6.07) is 13.1. The molecule has 206 valence electrons. The number of pyridine rings is 1. The van der Waals surface area contributed by atoms with E-state index in [-0.39, 0.29) is 5.91 Å². The second-order valence-corrected chi connectivity index (χ2v) is 9.67. The van der Waals surface area contributed by atoms with Gasteiger partial charge in [0.25, 0.3) is 5.91 Å². The number of benzene rings is 2. The number of aryl methyl sites for hydroxylation is 1. The zero-order chi connectivity index (χ0) is 28.2. The van der Waals surface area contributed by atoms with Crippen LogP contribution in [0.2, 0.25) is 0 Å². The van der Waals surface area contributed by atoms with Gasteiger partial charge >= 0.3 is 0 Å². The van der Waals surface area contributed by atoms with Crippen LogP contribution in [0, 0.1) is 24.7 Å². The summed E-state index contributed by atoms with van der Waals surface area (Å²) in [5.74, 6) is 8.11. The van der Waals surface area contributed by atoms with Gasteiger partial charge in [-0.15, -0.1) is 0 Å². The first-order valence-corrected chi connectivity index (χ1v) is 13.3. The van der Waals surface area contributed by atoms with Gasteiger partial charge in [-0.05, 0) is 68.6 Å². The normalized spacial score (nSPS) is 12.5. The molecule has 1 amide bonds. The van der Waals surface area contributed by atoms with Crippen molar-refractivity contribution in [3.63, 3.8) is 0 Å². The number of carbonyl (C=O) groups is 1. The third-order valence-corrected chi connectivity index (χ3v) is 6.48. The molecule has 11 heteroatoms. The predicted molar refractivity (Wildman–Crippen MR) is 156 cm³/mol. The van der Waals surface area contributed by atoms with E-state index >= 15 is 0 Å². The summed E-state index contributed by atoms with van der Waals surface area (Å²) in [5.41, 5.74) is 3.63. The highest BCUT2D eigenvalue weighted by Crippen LogP contribution is 2.35. The Bertz CT molecular complexity index is 1800. The molecule has 1 aliphatic rings. The van der Waals surface area contributed by atoms with Gasteiger partial charge in [-0.2, -0.15) is 5.10 Å². The molecule has 0 radical (unpaired) electrons. The zero-order valence-corrected chi connectivity index (χ0v) is 22.6. The van der Waals surface area contributed by atoms with E-state index in [4.69, 9.17) is 9.47 Å². The topological polar surface area (TPSA) is 128 Å². The van der Waals surface area contributed by atoms with Crippen LogP contribution >= 0.6 is 0 Å². The summed E-state index contributed by atoms with van der Waals surface area (Å²) in [5, 5.41) is 14.2. The molecule has 3 aromatic heterocycles. The smallest absolute Gasteiger partial charge is 0.300 e. The average molecular weight is 549 g/mol. The van der Waals surface area contributed by atoms with E-state index in [2.05, 4.69) is 47.8 Å². The number of aromatic nitrogens is 5. The molecular formula is C30H28N8O3. The van der Waals surface area contributed by atoms with Crippen molar-refractivity contribution in [2.24, 2.45) is 5.92 Å². The molecule has 11 nitrogen and oxygen atoms in total. The number of hydrogen-bond donors (Lipinski definition) is 3. The monoisotopic (exact) mass is 548 g/mol. The standard InChI is InChI=1S/C30H28N8O3/c1-19-13-21(6-7-26(19)41-22-9-11-38-28(14-22)33-18-35-38)36-30-23-15-25(37-29(39)8-5-20-3-4-20)27(40-12-10-31-2)16-24(23)32-17-34-30/h6-7,9,11,13-18,20,31H,3-4,10,12H2,1-2H3,(H,37,39)(H,32,34,36). The van der Waals surface area contributed by atoms with Gasteiger partial charge in [0.15, 0.2) is 5.65 Å². The lowest BCUT2D eigenvalue weighted by atomic mass is 10.1. The predicted octanol–water partition coefficient (Wildman–Crippen LogP) is 4.47. The van der Waals surface area contributed by atoms with Gasteiger partial charge < -0.3 is 25.4 Å². The molecule has 0 atom stereocenters. The number of carbonyl (C=O) groups excluding carboxylic acids is 1. The van der Waals surface area contributed by atoms with Crippen molar-refractivity contribution in [1.29, 1.82) is 0 Å². The molecular weight excluding hydrogens is 520 g/mol. The van der Waals surface area contributed by atoms with Crippen molar-refractivity contribution >= 4 is 39.6 Å². The fraction of sp³-hybridized carbons (Fsp3) is 0.233. The minimum atomic E-state index is -0.379. The van der Waals surface area contributed by atoms with E-state index in [0.717, 1.165) is 29.5 Å². The number of likely N-dealkylation sites (N-methyl/N-ethyl adjacent to an activating group) is 1. The van der Waals surface area contributed by atoms with Gasteiger partial charge in [0.1, 0.15) is 42.3 Å². The summed E-state index contributed by atoms with van der Waals surface area (Å²) < 4.78 is 13.7. The van der Waals surface area contributed by atoms with E-state index in [1.54, 1.807) is 16.8 Å². The molecule has 1 aliphatic carbocycles. The molecule has 3 N–H and O–H groups in total. The summed E-state index contributed by atoms with van der Waals surface area (Å²) in [6.45, 7) is 3.05. The Hall–Kier alpha value is -5.21. The first kappa shape index (κ1) is 26.0. The van der Waals surface area contributed by atoms with Gasteiger partial charge in [-0.25, -0.2) is 19.5 Å². The lowest BCUT2D eigenvalue weighted by Gasteiger charge is -2.15. The first-order valence-electron chi connectivity index (χ1n) is 13.3. The van der Waals surface area contributed by atoms with Gasteiger partial charge in [0, 0.05) is 41.9 Å². The van der Waals surface area contributed by atoms with Crippen molar-refractivity contribution in [1.82, 2.24) is 29.9 Å². The van der Waals surface area contributed by atoms with Crippen LogP contribution < -0.4 is 25.4 Å². The second-order valence-electron chi connectivity index (χ2n) is 9.67. The molecule has 3 heterocycles. The number of amides is 1. The molecule has 5 aromatic rings. The van der Waals surface area contributed by atoms with Gasteiger partial charge in [0.2, 0.25) is 0 Å². The molecule has 0 unspecified atom stereocenters. The highest BCUT2D eigenvalue weighted by Gasteiger charge is 2.19. The molecule has 1 fully saturated rings. The molecule has 1 saturated carbocycles. The van der Waals surface area contributed by atoms with Crippen LogP contribution in [-0.2, 0) is 4.79 Å². The number of fused-ring (bicyclic) bond motifs is 2. The van der Waals surface area contributed by atoms with Gasteiger partial charge in [-0.3, -0.25) is 4.79 Å². The molecule has 6 rings (SSSR count). The molecule has 0 saturated heterocycles. The van der Waals surface area contributed by atoms with E-state index < -0.39 is 0 Å². The molecule has 0 bridgehead atoms. The van der Waals surface area contributed by atoms with Gasteiger partial charge in [0.05, 0.1) is 11.2 Å². The Morgan fingerprint density at radius 2 is 1.98 bits per heavy atom. The quantitative estimate of drug-likeness (QED) is 0.181. The molecule has 41 heavy (non-hydrogen) atoms. The van der Waals surface area contributed by atoms with Crippen LogP contribution in [0.3, 0.4) is 0 Å². The van der Waals surface area contributed by atoms with Crippen LogP contribution in [0.4, 0.5) is 17.2 Å². The third-order valence-electron chi connectivity index (χ3n) is 6.48. The lowest BCUT2D eigenvalue weighted by molar-refractivity contribution is -0.111. The fourth-order valence-corrected chi connectivity index (χ4v) is 4.18. The molecule has 0 aliphatic heterocycles. The van der Waals surface area contributed by atoms with E-state index in [1.807, 2.05) is 50.4 Å². The highest BCUT2D eigenvalue weighted by molar-refractivity contribution is 6.06. The maximum absolute atomic E-state index is 12.6. The van der Waals surface area contributed by atoms with Crippen molar-refractivity contribution in [2.45, 2.75) is 19.8 Å². The number of rotatable bonds is 9. The highest BCUT2D eigenvalue weighted by atomic mass is 16.5. The van der Waals surface area contributed by atoms with E-state index in [0.29, 0.717) is 59.0 Å². The summed E-state index contributed by atoms with van der Waals surface area (Å²) in [6.07, 6.45) is 6.89. The van der Waals surface area contributed by atoms with Crippen LogP contribution in [-0.4, -0.2) is 50.7 Å². The van der Waals surface area contributed by atoms with Crippen molar-refractivity contribution in [3.05, 3.63) is 66.9 Å². The number of hydrogen-bond acceptors (Lipinski definition) is 9. The Kier molecular flexibility index (Phi) is 7.30. The molecule has 0 spiro atoms. The van der Waals surface area contributed by atoms with Crippen LogP contribution in [0.1, 0.15) is 18.4 Å². The van der Waals surface area contributed by atoms with Crippen molar-refractivity contribution < 1.29 is 14.3 Å². The third kappa shape index (κ3) is 6.18. The van der Waals surface area contributed by atoms with Crippen LogP contribution in [0.15, 0.2) is 61.3 Å². The average Bonchev–Trinajstić information content (AvgIpc) is 3.69. The Labute approximate surface area is 236 Å². The number of anilines is 3. The maximum Gasteiger partial charge on any atom is 0.300 e.